The predicted molar refractivity (Wildman–Crippen MR) is 83.8 cm³/mol. The summed E-state index contributed by atoms with van der Waals surface area (Å²) in [5.74, 6) is 6.17. The van der Waals surface area contributed by atoms with Crippen molar-refractivity contribution in [2.24, 2.45) is 5.92 Å². The van der Waals surface area contributed by atoms with Crippen molar-refractivity contribution in [3.05, 3.63) is 29.6 Å². The van der Waals surface area contributed by atoms with Gasteiger partial charge in [0.15, 0.2) is 0 Å². The standard InChI is InChI=1S/C17H24N2O2/c1-4-13(2)9-14(3)19-17(21)16-10-15(11-18-12-16)7-5-6-8-20/h10-14,20H,4,6,8-9H2,1-3H3,(H,19,21). The van der Waals surface area contributed by atoms with Gasteiger partial charge in [0.05, 0.1) is 12.2 Å². The first kappa shape index (κ1) is 17.2. The molecule has 0 aromatic carbocycles. The fraction of sp³-hybridized carbons (Fsp3) is 0.529. The zero-order valence-electron chi connectivity index (χ0n) is 13.0. The van der Waals surface area contributed by atoms with Crippen molar-refractivity contribution in [1.29, 1.82) is 0 Å². The van der Waals surface area contributed by atoms with Gasteiger partial charge in [-0.25, -0.2) is 0 Å². The molecule has 21 heavy (non-hydrogen) atoms. The smallest absolute Gasteiger partial charge is 0.253 e. The average molecular weight is 288 g/mol. The van der Waals surface area contributed by atoms with Crippen LogP contribution >= 0.6 is 0 Å². The Kier molecular flexibility index (Phi) is 7.49. The Hall–Kier alpha value is -1.86. The first-order valence-electron chi connectivity index (χ1n) is 7.42. The third-order valence-electron chi connectivity index (χ3n) is 3.30. The molecule has 1 aromatic rings. The van der Waals surface area contributed by atoms with Crippen molar-refractivity contribution in [2.75, 3.05) is 6.61 Å². The number of pyridine rings is 1. The molecule has 4 heteroatoms. The number of aliphatic hydroxyl groups excluding tert-OH is 1. The molecular formula is C17H24N2O2. The molecule has 114 valence electrons. The zero-order valence-corrected chi connectivity index (χ0v) is 13.0. The molecule has 1 rings (SSSR count). The van der Waals surface area contributed by atoms with Crippen LogP contribution < -0.4 is 5.32 Å². The highest BCUT2D eigenvalue weighted by Crippen LogP contribution is 2.10. The maximum atomic E-state index is 12.2. The highest BCUT2D eigenvalue weighted by atomic mass is 16.2. The highest BCUT2D eigenvalue weighted by molar-refractivity contribution is 5.94. The number of nitrogens with zero attached hydrogens (tertiary/aromatic N) is 1. The Morgan fingerprint density at radius 1 is 1.43 bits per heavy atom. The molecule has 4 nitrogen and oxygen atoms in total. The summed E-state index contributed by atoms with van der Waals surface area (Å²) in [6, 6.07) is 1.86. The molecule has 1 heterocycles. The summed E-state index contributed by atoms with van der Waals surface area (Å²) in [6.07, 6.45) is 5.65. The second-order valence-corrected chi connectivity index (χ2v) is 5.36. The predicted octanol–water partition coefficient (Wildman–Crippen LogP) is 2.37. The third-order valence-corrected chi connectivity index (χ3v) is 3.30. The lowest BCUT2D eigenvalue weighted by atomic mass is 10.0. The van der Waals surface area contributed by atoms with Crippen LogP contribution in [-0.4, -0.2) is 28.6 Å². The van der Waals surface area contributed by atoms with E-state index in [4.69, 9.17) is 5.11 Å². The number of hydrogen-bond acceptors (Lipinski definition) is 3. The Bertz CT molecular complexity index is 517. The quantitative estimate of drug-likeness (QED) is 0.790. The Balaban J connectivity index is 2.66. The fourth-order valence-electron chi connectivity index (χ4n) is 1.99. The lowest BCUT2D eigenvalue weighted by molar-refractivity contribution is 0.0935. The van der Waals surface area contributed by atoms with E-state index in [1.54, 1.807) is 18.5 Å². The molecule has 2 unspecified atom stereocenters. The fourth-order valence-corrected chi connectivity index (χ4v) is 1.99. The molecule has 0 aliphatic rings. The molecule has 2 N–H and O–H groups in total. The van der Waals surface area contributed by atoms with Gasteiger partial charge < -0.3 is 10.4 Å². The van der Waals surface area contributed by atoms with Gasteiger partial charge in [-0.05, 0) is 25.3 Å². The van der Waals surface area contributed by atoms with Gasteiger partial charge in [-0.15, -0.1) is 0 Å². The molecule has 1 amide bonds. The van der Waals surface area contributed by atoms with Gasteiger partial charge in [0, 0.05) is 30.4 Å². The van der Waals surface area contributed by atoms with Gasteiger partial charge in [0.2, 0.25) is 0 Å². The summed E-state index contributed by atoms with van der Waals surface area (Å²) >= 11 is 0. The van der Waals surface area contributed by atoms with Gasteiger partial charge in [0.25, 0.3) is 5.91 Å². The molecule has 2 atom stereocenters. The minimum atomic E-state index is -0.121. The van der Waals surface area contributed by atoms with Gasteiger partial charge in [-0.3, -0.25) is 9.78 Å². The van der Waals surface area contributed by atoms with E-state index in [1.165, 1.54) is 0 Å². The summed E-state index contributed by atoms with van der Waals surface area (Å²) in [7, 11) is 0. The monoisotopic (exact) mass is 288 g/mol. The van der Waals surface area contributed by atoms with E-state index in [0.717, 1.165) is 12.8 Å². The summed E-state index contributed by atoms with van der Waals surface area (Å²) in [4.78, 5) is 16.2. The maximum Gasteiger partial charge on any atom is 0.253 e. The first-order chi connectivity index (χ1) is 10.1. The lowest BCUT2D eigenvalue weighted by Gasteiger charge is -2.17. The normalized spacial score (nSPS) is 13.0. The van der Waals surface area contributed by atoms with Gasteiger partial charge >= 0.3 is 0 Å². The minimum absolute atomic E-state index is 0.0354. The van der Waals surface area contributed by atoms with Crippen LogP contribution in [0.5, 0.6) is 0 Å². The van der Waals surface area contributed by atoms with Crippen LogP contribution in [0, 0.1) is 17.8 Å². The van der Waals surface area contributed by atoms with Gasteiger partial charge in [-0.2, -0.15) is 0 Å². The number of carbonyl (C=O) groups is 1. The van der Waals surface area contributed by atoms with Crippen LogP contribution in [0.1, 0.15) is 56.0 Å². The van der Waals surface area contributed by atoms with E-state index >= 15 is 0 Å². The van der Waals surface area contributed by atoms with E-state index in [0.29, 0.717) is 23.5 Å². The molecule has 0 saturated carbocycles. The van der Waals surface area contributed by atoms with E-state index in [2.05, 4.69) is 36.0 Å². The number of hydrogen-bond donors (Lipinski definition) is 2. The zero-order chi connectivity index (χ0) is 15.7. The first-order valence-corrected chi connectivity index (χ1v) is 7.42. The molecule has 0 aliphatic carbocycles. The third kappa shape index (κ3) is 6.42. The van der Waals surface area contributed by atoms with Crippen molar-refractivity contribution < 1.29 is 9.90 Å². The maximum absolute atomic E-state index is 12.2. The second-order valence-electron chi connectivity index (χ2n) is 5.36. The van der Waals surface area contributed by atoms with Gasteiger partial charge in [0.1, 0.15) is 0 Å². The SMILES string of the molecule is CCC(C)CC(C)NC(=O)c1cncc(C#CCCO)c1. The van der Waals surface area contributed by atoms with Crippen LogP contribution in [0.3, 0.4) is 0 Å². The molecular weight excluding hydrogens is 264 g/mol. The van der Waals surface area contributed by atoms with E-state index in [9.17, 15) is 4.79 Å². The number of aromatic nitrogens is 1. The highest BCUT2D eigenvalue weighted by Gasteiger charge is 2.12. The van der Waals surface area contributed by atoms with Crippen molar-refractivity contribution >= 4 is 5.91 Å². The number of nitrogens with one attached hydrogen (secondary N) is 1. The van der Waals surface area contributed by atoms with Crippen LogP contribution in [-0.2, 0) is 0 Å². The second kappa shape index (κ2) is 9.15. The van der Waals surface area contributed by atoms with Gasteiger partial charge in [-0.1, -0.05) is 32.1 Å². The molecule has 0 fully saturated rings. The minimum Gasteiger partial charge on any atom is -0.395 e. The van der Waals surface area contributed by atoms with Crippen molar-refractivity contribution in [2.45, 2.75) is 46.1 Å². The molecule has 0 aliphatic heterocycles. The molecule has 0 radical (unpaired) electrons. The topological polar surface area (TPSA) is 62.2 Å². The Labute approximate surface area is 127 Å². The van der Waals surface area contributed by atoms with Crippen LogP contribution in [0.4, 0.5) is 0 Å². The average Bonchev–Trinajstić information content (AvgIpc) is 2.47. The Morgan fingerprint density at radius 2 is 2.19 bits per heavy atom. The van der Waals surface area contributed by atoms with Crippen molar-refractivity contribution in [3.63, 3.8) is 0 Å². The molecule has 0 spiro atoms. The Morgan fingerprint density at radius 3 is 2.86 bits per heavy atom. The van der Waals surface area contributed by atoms with Crippen molar-refractivity contribution in [1.82, 2.24) is 10.3 Å². The number of rotatable bonds is 6. The summed E-state index contributed by atoms with van der Waals surface area (Å²) < 4.78 is 0. The summed E-state index contributed by atoms with van der Waals surface area (Å²) in [6.45, 7) is 6.38. The van der Waals surface area contributed by atoms with Crippen LogP contribution in [0.2, 0.25) is 0 Å². The molecule has 0 bridgehead atoms. The van der Waals surface area contributed by atoms with Crippen molar-refractivity contribution in [3.8, 4) is 11.8 Å². The largest absolute Gasteiger partial charge is 0.395 e. The van der Waals surface area contributed by atoms with E-state index < -0.39 is 0 Å². The molecule has 1 aromatic heterocycles. The number of carbonyl (C=O) groups excluding carboxylic acids is 1. The number of aliphatic hydroxyl groups is 1. The molecule has 0 saturated heterocycles. The van der Waals surface area contributed by atoms with Crippen LogP contribution in [0.15, 0.2) is 18.5 Å². The van der Waals surface area contributed by atoms with Crippen LogP contribution in [0.25, 0.3) is 0 Å². The lowest BCUT2D eigenvalue weighted by Crippen LogP contribution is -2.33. The van der Waals surface area contributed by atoms with E-state index in [1.807, 2.05) is 6.92 Å². The summed E-state index contributed by atoms with van der Waals surface area (Å²) in [5, 5.41) is 11.7. The summed E-state index contributed by atoms with van der Waals surface area (Å²) in [5.41, 5.74) is 1.20. The number of amides is 1. The van der Waals surface area contributed by atoms with E-state index in [-0.39, 0.29) is 18.6 Å².